The van der Waals surface area contributed by atoms with Crippen LogP contribution in [-0.2, 0) is 13.6 Å². The van der Waals surface area contributed by atoms with E-state index in [1.54, 1.807) is 4.68 Å². The Morgan fingerprint density at radius 3 is 2.91 bits per heavy atom. The number of amides is 1. The molecule has 2 aromatic rings. The molecule has 0 aromatic carbocycles. The molecule has 0 bridgehead atoms. The molecule has 1 amide bonds. The summed E-state index contributed by atoms with van der Waals surface area (Å²) in [7, 11) is 1.84. The highest BCUT2D eigenvalue weighted by atomic mass is 16.5. The number of rotatable bonds is 4. The fourth-order valence-corrected chi connectivity index (χ4v) is 2.96. The topological polar surface area (TPSA) is 76.2 Å². The van der Waals surface area contributed by atoms with Crippen molar-refractivity contribution in [1.29, 1.82) is 0 Å². The van der Waals surface area contributed by atoms with E-state index >= 15 is 0 Å². The molecule has 0 spiro atoms. The van der Waals surface area contributed by atoms with Crippen molar-refractivity contribution in [2.24, 2.45) is 7.05 Å². The van der Waals surface area contributed by atoms with Gasteiger partial charge in [-0.05, 0) is 39.3 Å². The van der Waals surface area contributed by atoms with Crippen molar-refractivity contribution in [1.82, 2.24) is 25.2 Å². The monoisotopic (exact) mass is 317 g/mol. The van der Waals surface area contributed by atoms with E-state index < -0.39 is 0 Å². The van der Waals surface area contributed by atoms with Crippen LogP contribution in [0.25, 0.3) is 0 Å². The number of aromatic nitrogens is 3. The van der Waals surface area contributed by atoms with Crippen LogP contribution in [0.2, 0.25) is 0 Å². The van der Waals surface area contributed by atoms with Gasteiger partial charge >= 0.3 is 0 Å². The summed E-state index contributed by atoms with van der Waals surface area (Å²) in [5.41, 5.74) is 2.35. The number of aryl methyl sites for hydroxylation is 3. The fourth-order valence-electron chi connectivity index (χ4n) is 2.96. The van der Waals surface area contributed by atoms with E-state index in [2.05, 4.69) is 20.5 Å². The second-order valence-corrected chi connectivity index (χ2v) is 6.28. The van der Waals surface area contributed by atoms with Crippen LogP contribution in [0.5, 0.6) is 0 Å². The van der Waals surface area contributed by atoms with Crippen molar-refractivity contribution in [3.05, 3.63) is 35.0 Å². The Balaban J connectivity index is 1.56. The Morgan fingerprint density at radius 2 is 2.26 bits per heavy atom. The minimum atomic E-state index is -0.101. The lowest BCUT2D eigenvalue weighted by atomic mass is 10.1. The quantitative estimate of drug-likeness (QED) is 0.923. The van der Waals surface area contributed by atoms with Crippen molar-refractivity contribution >= 4 is 5.91 Å². The molecule has 1 saturated heterocycles. The average molecular weight is 317 g/mol. The lowest BCUT2D eigenvalue weighted by Gasteiger charge is -2.32. The Hall–Kier alpha value is -2.15. The van der Waals surface area contributed by atoms with Gasteiger partial charge in [0.05, 0.1) is 12.2 Å². The molecule has 0 aliphatic carbocycles. The van der Waals surface area contributed by atoms with Crippen LogP contribution in [0.4, 0.5) is 0 Å². The maximum atomic E-state index is 12.3. The van der Waals surface area contributed by atoms with Crippen molar-refractivity contribution in [3.8, 4) is 0 Å². The molecular formula is C16H23N5O2. The van der Waals surface area contributed by atoms with Gasteiger partial charge in [0.1, 0.15) is 5.69 Å². The Morgan fingerprint density at radius 1 is 1.43 bits per heavy atom. The van der Waals surface area contributed by atoms with Gasteiger partial charge in [0.2, 0.25) is 0 Å². The van der Waals surface area contributed by atoms with Crippen molar-refractivity contribution in [3.63, 3.8) is 0 Å². The number of hydrogen-bond donors (Lipinski definition) is 1. The van der Waals surface area contributed by atoms with Crippen LogP contribution in [-0.4, -0.2) is 44.9 Å². The van der Waals surface area contributed by atoms with Gasteiger partial charge in [-0.1, -0.05) is 5.16 Å². The van der Waals surface area contributed by atoms with Crippen molar-refractivity contribution in [2.45, 2.75) is 39.3 Å². The number of likely N-dealkylation sites (tertiary alicyclic amines) is 1. The molecule has 7 nitrogen and oxygen atoms in total. The lowest BCUT2D eigenvalue weighted by Crippen LogP contribution is -2.47. The van der Waals surface area contributed by atoms with Crippen molar-refractivity contribution in [2.75, 3.05) is 13.1 Å². The SMILES string of the molecule is Cc1cc(CN2CCCC(NC(=O)c3cc(C)n(C)n3)C2)on1. The largest absolute Gasteiger partial charge is 0.360 e. The highest BCUT2D eigenvalue weighted by molar-refractivity contribution is 5.92. The van der Waals surface area contributed by atoms with E-state index in [0.717, 1.165) is 49.6 Å². The Bertz CT molecular complexity index is 671. The molecule has 3 heterocycles. The molecule has 124 valence electrons. The highest BCUT2D eigenvalue weighted by Gasteiger charge is 2.23. The van der Waals surface area contributed by atoms with Gasteiger partial charge in [-0.15, -0.1) is 0 Å². The van der Waals surface area contributed by atoms with E-state index in [0.29, 0.717) is 5.69 Å². The third kappa shape index (κ3) is 3.79. The van der Waals surface area contributed by atoms with Crippen molar-refractivity contribution < 1.29 is 9.32 Å². The molecule has 1 unspecified atom stereocenters. The molecule has 0 saturated carbocycles. The summed E-state index contributed by atoms with van der Waals surface area (Å²) < 4.78 is 6.99. The predicted octanol–water partition coefficient (Wildman–Crippen LogP) is 1.42. The van der Waals surface area contributed by atoms with Crippen LogP contribution in [0.1, 0.15) is 40.5 Å². The second-order valence-electron chi connectivity index (χ2n) is 6.28. The molecular weight excluding hydrogens is 294 g/mol. The summed E-state index contributed by atoms with van der Waals surface area (Å²) in [5.74, 6) is 0.769. The molecule has 7 heteroatoms. The first-order valence-corrected chi connectivity index (χ1v) is 7.97. The first-order valence-electron chi connectivity index (χ1n) is 7.97. The number of hydrogen-bond acceptors (Lipinski definition) is 5. The smallest absolute Gasteiger partial charge is 0.272 e. The third-order valence-electron chi connectivity index (χ3n) is 4.24. The maximum Gasteiger partial charge on any atom is 0.272 e. The standard InChI is InChI=1S/C16H23N5O2/c1-11-7-14(23-19-11)10-21-6-4-5-13(9-21)17-16(22)15-8-12(2)20(3)18-15/h7-8,13H,4-6,9-10H2,1-3H3,(H,17,22). The summed E-state index contributed by atoms with van der Waals surface area (Å²) in [6, 6.07) is 3.91. The minimum Gasteiger partial charge on any atom is -0.360 e. The van der Waals surface area contributed by atoms with Crippen LogP contribution in [0.15, 0.2) is 16.7 Å². The molecule has 1 atom stereocenters. The first kappa shape index (κ1) is 15.7. The average Bonchev–Trinajstić information content (AvgIpc) is 3.06. The molecule has 1 aliphatic heterocycles. The summed E-state index contributed by atoms with van der Waals surface area (Å²) in [4.78, 5) is 14.6. The summed E-state index contributed by atoms with van der Waals surface area (Å²) in [6.45, 7) is 6.41. The predicted molar refractivity (Wildman–Crippen MR) is 85.0 cm³/mol. The van der Waals surface area contributed by atoms with E-state index in [4.69, 9.17) is 4.52 Å². The van der Waals surface area contributed by atoms with E-state index in [1.807, 2.05) is 33.0 Å². The zero-order valence-electron chi connectivity index (χ0n) is 13.9. The molecule has 3 rings (SSSR count). The molecule has 2 aromatic heterocycles. The molecule has 1 N–H and O–H groups in total. The van der Waals surface area contributed by atoms with Crippen LogP contribution < -0.4 is 5.32 Å². The second kappa shape index (κ2) is 6.54. The van der Waals surface area contributed by atoms with E-state index in [9.17, 15) is 4.79 Å². The van der Waals surface area contributed by atoms with Crippen LogP contribution in [0, 0.1) is 13.8 Å². The van der Waals surface area contributed by atoms with Gasteiger partial charge in [-0.3, -0.25) is 14.4 Å². The zero-order valence-corrected chi connectivity index (χ0v) is 13.9. The van der Waals surface area contributed by atoms with E-state index in [-0.39, 0.29) is 11.9 Å². The number of nitrogens with zero attached hydrogens (tertiary/aromatic N) is 4. The Kier molecular flexibility index (Phi) is 4.47. The number of carbonyl (C=O) groups excluding carboxylic acids is 1. The number of nitrogens with one attached hydrogen (secondary N) is 1. The normalized spacial score (nSPS) is 19.0. The number of piperidine rings is 1. The summed E-state index contributed by atoms with van der Waals surface area (Å²) in [6.07, 6.45) is 2.04. The molecule has 23 heavy (non-hydrogen) atoms. The van der Waals surface area contributed by atoms with Gasteiger partial charge < -0.3 is 9.84 Å². The van der Waals surface area contributed by atoms with Gasteiger partial charge in [0.15, 0.2) is 5.76 Å². The van der Waals surface area contributed by atoms with Gasteiger partial charge in [0.25, 0.3) is 5.91 Å². The molecule has 0 radical (unpaired) electrons. The Labute approximate surface area is 135 Å². The molecule has 1 fully saturated rings. The van der Waals surface area contributed by atoms with Crippen LogP contribution in [0.3, 0.4) is 0 Å². The number of carbonyl (C=O) groups is 1. The summed E-state index contributed by atoms with van der Waals surface area (Å²) >= 11 is 0. The fraction of sp³-hybridized carbons (Fsp3) is 0.562. The van der Waals surface area contributed by atoms with Gasteiger partial charge in [-0.25, -0.2) is 0 Å². The maximum absolute atomic E-state index is 12.3. The highest BCUT2D eigenvalue weighted by Crippen LogP contribution is 2.15. The third-order valence-corrected chi connectivity index (χ3v) is 4.24. The zero-order chi connectivity index (χ0) is 16.4. The van der Waals surface area contributed by atoms with E-state index in [1.165, 1.54) is 0 Å². The lowest BCUT2D eigenvalue weighted by molar-refractivity contribution is 0.0890. The van der Waals surface area contributed by atoms with Gasteiger partial charge in [0, 0.05) is 31.4 Å². The first-order chi connectivity index (χ1) is 11.0. The minimum absolute atomic E-state index is 0.101. The van der Waals surface area contributed by atoms with Crippen LogP contribution >= 0.6 is 0 Å². The van der Waals surface area contributed by atoms with Gasteiger partial charge in [-0.2, -0.15) is 5.10 Å². The molecule has 1 aliphatic rings. The summed E-state index contributed by atoms with van der Waals surface area (Å²) in [5, 5.41) is 11.2.